The zero-order valence-corrected chi connectivity index (χ0v) is 16.7. The fourth-order valence-electron chi connectivity index (χ4n) is 6.01. The maximum Gasteiger partial charge on any atom is 0.239 e. The lowest BCUT2D eigenvalue weighted by molar-refractivity contribution is -0.128. The molecule has 1 heterocycles. The minimum atomic E-state index is -1.25. The van der Waals surface area contributed by atoms with Crippen LogP contribution in [0, 0.1) is 17.0 Å². The van der Waals surface area contributed by atoms with E-state index in [9.17, 15) is 19.6 Å². The summed E-state index contributed by atoms with van der Waals surface area (Å²) in [6, 6.07) is 20.6. The average Bonchev–Trinajstić information content (AvgIpc) is 3.10. The van der Waals surface area contributed by atoms with E-state index >= 15 is 0 Å². The van der Waals surface area contributed by atoms with Crippen molar-refractivity contribution in [3.05, 3.63) is 100 Å². The van der Waals surface area contributed by atoms with Crippen LogP contribution < -0.4 is 10.1 Å². The third kappa shape index (κ3) is 2.09. The molecule has 1 N–H and O–H groups in total. The van der Waals surface area contributed by atoms with E-state index in [0.717, 1.165) is 33.4 Å². The molecule has 32 heavy (non-hydrogen) atoms. The fourth-order valence-corrected chi connectivity index (χ4v) is 6.01. The summed E-state index contributed by atoms with van der Waals surface area (Å²) < 4.78 is 0. The highest BCUT2D eigenvalue weighted by Gasteiger charge is 2.68. The SMILES string of the molecule is O=CC12c3ccccc3C(c3ccccc31)[C@H]1C(=O)N(c3ccc(N([O-])O)cc3)C(=O)[C@@H]12. The lowest BCUT2D eigenvalue weighted by Crippen LogP contribution is -2.54. The van der Waals surface area contributed by atoms with Crippen LogP contribution in [-0.4, -0.2) is 23.3 Å². The number of carbonyl (C=O) groups is 3. The number of rotatable bonds is 3. The third-order valence-electron chi connectivity index (χ3n) is 7.20. The van der Waals surface area contributed by atoms with E-state index in [1.807, 2.05) is 48.5 Å². The summed E-state index contributed by atoms with van der Waals surface area (Å²) >= 11 is 0. The fraction of sp³-hybridized carbons (Fsp3) is 0.160. The van der Waals surface area contributed by atoms with Gasteiger partial charge in [0.2, 0.25) is 11.8 Å². The van der Waals surface area contributed by atoms with Crippen molar-refractivity contribution in [2.24, 2.45) is 11.8 Å². The largest absolute Gasteiger partial charge is 0.733 e. The van der Waals surface area contributed by atoms with Crippen molar-refractivity contribution >= 4 is 29.5 Å². The lowest BCUT2D eigenvalue weighted by atomic mass is 9.48. The second-order valence-electron chi connectivity index (χ2n) is 8.44. The first-order valence-corrected chi connectivity index (χ1v) is 10.3. The van der Waals surface area contributed by atoms with E-state index in [4.69, 9.17) is 5.21 Å². The normalized spacial score (nSPS) is 27.1. The van der Waals surface area contributed by atoms with Gasteiger partial charge in [-0.2, -0.15) is 0 Å². The minimum absolute atomic E-state index is 0.0190. The number of hydrogen-bond acceptors (Lipinski definition) is 6. The van der Waals surface area contributed by atoms with Gasteiger partial charge in [-0.15, -0.1) is 0 Å². The van der Waals surface area contributed by atoms with Crippen molar-refractivity contribution in [2.45, 2.75) is 11.3 Å². The van der Waals surface area contributed by atoms with Crippen molar-refractivity contribution < 1.29 is 19.6 Å². The number of benzene rings is 3. The predicted octanol–water partition coefficient (Wildman–Crippen LogP) is 3.13. The molecule has 7 heteroatoms. The second-order valence-corrected chi connectivity index (χ2v) is 8.44. The Morgan fingerprint density at radius 2 is 1.44 bits per heavy atom. The molecule has 1 fully saturated rings. The van der Waals surface area contributed by atoms with Gasteiger partial charge in [0.05, 0.1) is 28.6 Å². The van der Waals surface area contributed by atoms with Crippen LogP contribution in [0.15, 0.2) is 72.8 Å². The van der Waals surface area contributed by atoms with Gasteiger partial charge in [0.25, 0.3) is 0 Å². The maximum atomic E-state index is 13.8. The first-order chi connectivity index (χ1) is 15.5. The summed E-state index contributed by atoms with van der Waals surface area (Å²) in [5.74, 6) is -2.68. The van der Waals surface area contributed by atoms with E-state index < -0.39 is 23.2 Å². The molecule has 2 bridgehead atoms. The smallest absolute Gasteiger partial charge is 0.239 e. The van der Waals surface area contributed by atoms with Crippen molar-refractivity contribution in [3.63, 3.8) is 0 Å². The Morgan fingerprint density at radius 1 is 0.875 bits per heavy atom. The van der Waals surface area contributed by atoms with Crippen LogP contribution in [0.2, 0.25) is 0 Å². The summed E-state index contributed by atoms with van der Waals surface area (Å²) in [4.78, 5) is 41.5. The van der Waals surface area contributed by atoms with E-state index in [0.29, 0.717) is 5.69 Å². The van der Waals surface area contributed by atoms with Gasteiger partial charge in [-0.1, -0.05) is 48.5 Å². The molecule has 158 valence electrons. The summed E-state index contributed by atoms with van der Waals surface area (Å²) in [6.45, 7) is 0. The maximum absolute atomic E-state index is 13.8. The highest BCUT2D eigenvalue weighted by atomic mass is 16.8. The number of carbonyl (C=O) groups excluding carboxylic acids is 3. The van der Waals surface area contributed by atoms with Gasteiger partial charge in [0, 0.05) is 5.92 Å². The number of hydrogen-bond donors (Lipinski definition) is 1. The van der Waals surface area contributed by atoms with Crippen LogP contribution in [-0.2, 0) is 19.8 Å². The minimum Gasteiger partial charge on any atom is -0.733 e. The monoisotopic (exact) mass is 425 g/mol. The van der Waals surface area contributed by atoms with E-state index in [1.165, 1.54) is 24.3 Å². The van der Waals surface area contributed by atoms with Gasteiger partial charge >= 0.3 is 0 Å². The number of anilines is 2. The number of imide groups is 1. The Kier molecular flexibility index (Phi) is 3.75. The Hall–Kier alpha value is -3.81. The molecule has 0 saturated carbocycles. The highest BCUT2D eigenvalue weighted by Crippen LogP contribution is 2.63. The van der Waals surface area contributed by atoms with Gasteiger partial charge in [-0.05, 0) is 46.5 Å². The molecule has 2 atom stereocenters. The lowest BCUT2D eigenvalue weighted by Gasteiger charge is -2.51. The molecule has 7 rings (SSSR count). The second kappa shape index (κ2) is 6.35. The zero-order chi connectivity index (χ0) is 22.2. The molecule has 0 aromatic heterocycles. The topological polar surface area (TPSA) is 101 Å². The number of aldehydes is 1. The van der Waals surface area contributed by atoms with E-state index in [-0.39, 0.29) is 22.7 Å². The summed E-state index contributed by atoms with van der Waals surface area (Å²) in [5.41, 5.74) is 2.40. The highest BCUT2D eigenvalue weighted by molar-refractivity contribution is 6.24. The molecule has 2 amide bonds. The molecule has 0 radical (unpaired) electrons. The zero-order valence-electron chi connectivity index (χ0n) is 16.7. The number of amides is 2. The van der Waals surface area contributed by atoms with Crippen LogP contribution in [0.5, 0.6) is 0 Å². The summed E-state index contributed by atoms with van der Waals surface area (Å²) in [5, 5.41) is 19.9. The van der Waals surface area contributed by atoms with Crippen LogP contribution in [0.25, 0.3) is 0 Å². The molecule has 3 aromatic carbocycles. The molecule has 7 nitrogen and oxygen atoms in total. The first-order valence-electron chi connectivity index (χ1n) is 10.3. The van der Waals surface area contributed by atoms with Gasteiger partial charge in [-0.3, -0.25) is 14.8 Å². The Balaban J connectivity index is 1.58. The van der Waals surface area contributed by atoms with Crippen molar-refractivity contribution in [3.8, 4) is 0 Å². The van der Waals surface area contributed by atoms with Crippen LogP contribution in [0.4, 0.5) is 11.4 Å². The van der Waals surface area contributed by atoms with Gasteiger partial charge in [-0.25, -0.2) is 4.90 Å². The predicted molar refractivity (Wildman–Crippen MR) is 115 cm³/mol. The van der Waals surface area contributed by atoms with Crippen molar-refractivity contribution in [1.82, 2.24) is 0 Å². The molecule has 0 spiro atoms. The summed E-state index contributed by atoms with van der Waals surface area (Å²) in [6.07, 6.45) is 0.830. The molecule has 1 aliphatic heterocycles. The number of nitrogens with zero attached hydrogens (tertiary/aromatic N) is 2. The van der Waals surface area contributed by atoms with Crippen molar-refractivity contribution in [1.29, 1.82) is 0 Å². The van der Waals surface area contributed by atoms with E-state index in [1.54, 1.807) is 0 Å². The third-order valence-corrected chi connectivity index (χ3v) is 7.20. The molecule has 3 aromatic rings. The molecular formula is C25H17N2O5-. The van der Waals surface area contributed by atoms with Gasteiger partial charge < -0.3 is 15.2 Å². The van der Waals surface area contributed by atoms with Crippen LogP contribution in [0.1, 0.15) is 28.2 Å². The Bertz CT molecular complexity index is 1250. The molecule has 0 unspecified atom stereocenters. The van der Waals surface area contributed by atoms with Gasteiger partial charge in [0.15, 0.2) is 0 Å². The van der Waals surface area contributed by atoms with Crippen LogP contribution >= 0.6 is 0 Å². The van der Waals surface area contributed by atoms with Gasteiger partial charge in [0.1, 0.15) is 6.29 Å². The Morgan fingerprint density at radius 3 is 1.97 bits per heavy atom. The summed E-state index contributed by atoms with van der Waals surface area (Å²) in [7, 11) is 0. The molecule has 4 aliphatic rings. The van der Waals surface area contributed by atoms with Crippen LogP contribution in [0.3, 0.4) is 0 Å². The standard InChI is InChI=1S/C25H17N2O5/c28-13-25-18-7-3-1-5-16(18)20(17-6-2-4-8-19(17)25)21-22(25)24(30)26(23(21)29)14-9-11-15(12-10-14)27(31)32/h1-13,20-22,31H/q-1/t20?,21-,22-,25?/m1/s1. The molecule has 1 saturated heterocycles. The average molecular weight is 425 g/mol. The molecule has 3 aliphatic carbocycles. The quantitative estimate of drug-likeness (QED) is 0.393. The molecular weight excluding hydrogens is 408 g/mol. The van der Waals surface area contributed by atoms with Crippen molar-refractivity contribution in [2.75, 3.05) is 10.1 Å². The Labute approximate surface area is 183 Å². The van der Waals surface area contributed by atoms with E-state index in [2.05, 4.69) is 0 Å². The first kappa shape index (κ1) is 18.9.